The quantitative estimate of drug-likeness (QED) is 0.757. The largest absolute Gasteiger partial charge is 0.497 e. The smallest absolute Gasteiger partial charge is 0.238 e. The Morgan fingerprint density at radius 1 is 1.06 bits per heavy atom. The average molecular weight is 437 g/mol. The third kappa shape index (κ3) is 3.78. The summed E-state index contributed by atoms with van der Waals surface area (Å²) in [6.07, 6.45) is 3.77. The van der Waals surface area contributed by atoms with E-state index >= 15 is 0 Å². The zero-order valence-electron chi connectivity index (χ0n) is 17.2. The SMILES string of the molecule is COc1ccc(C2C(C#N)=C(N)N(c3ccc(S(N)(=O)=O)cc3)C3=C2CCCC3)cc1. The number of benzene rings is 2. The van der Waals surface area contributed by atoms with Crippen LogP contribution in [0, 0.1) is 11.3 Å². The van der Waals surface area contributed by atoms with E-state index in [0.717, 1.165) is 42.7 Å². The predicted octanol–water partition coefficient (Wildman–Crippen LogP) is 3.47. The molecule has 0 bridgehead atoms. The molecule has 0 saturated heterocycles. The summed E-state index contributed by atoms with van der Waals surface area (Å²) in [5.74, 6) is 0.919. The highest BCUT2D eigenvalue weighted by Crippen LogP contribution is 2.47. The van der Waals surface area contributed by atoms with Gasteiger partial charge in [0.2, 0.25) is 10.0 Å². The molecule has 0 aromatic heterocycles. The van der Waals surface area contributed by atoms with Crippen molar-refractivity contribution in [3.8, 4) is 11.8 Å². The lowest BCUT2D eigenvalue weighted by Crippen LogP contribution is -2.36. The molecule has 1 aliphatic carbocycles. The lowest BCUT2D eigenvalue weighted by Gasteiger charge is -2.40. The molecule has 1 aliphatic heterocycles. The van der Waals surface area contributed by atoms with E-state index < -0.39 is 10.0 Å². The number of ether oxygens (including phenoxy) is 1. The molecule has 0 radical (unpaired) electrons. The predicted molar refractivity (Wildman–Crippen MR) is 118 cm³/mol. The van der Waals surface area contributed by atoms with E-state index in [9.17, 15) is 13.7 Å². The van der Waals surface area contributed by atoms with Gasteiger partial charge in [-0.15, -0.1) is 0 Å². The molecule has 31 heavy (non-hydrogen) atoms. The molecule has 0 amide bonds. The number of nitriles is 1. The van der Waals surface area contributed by atoms with Gasteiger partial charge < -0.3 is 15.4 Å². The fourth-order valence-electron chi connectivity index (χ4n) is 4.43. The van der Waals surface area contributed by atoms with Crippen LogP contribution in [0.5, 0.6) is 5.75 Å². The Labute approximate surface area is 182 Å². The molecule has 2 aliphatic rings. The summed E-state index contributed by atoms with van der Waals surface area (Å²) in [4.78, 5) is 1.92. The number of rotatable bonds is 4. The van der Waals surface area contributed by atoms with Crippen LogP contribution in [0.2, 0.25) is 0 Å². The van der Waals surface area contributed by atoms with Crippen molar-refractivity contribution in [1.29, 1.82) is 5.26 Å². The van der Waals surface area contributed by atoms with E-state index in [-0.39, 0.29) is 10.8 Å². The number of hydrogen-bond donors (Lipinski definition) is 2. The minimum atomic E-state index is -3.79. The lowest BCUT2D eigenvalue weighted by atomic mass is 9.76. The zero-order valence-corrected chi connectivity index (χ0v) is 18.0. The minimum Gasteiger partial charge on any atom is -0.497 e. The highest BCUT2D eigenvalue weighted by molar-refractivity contribution is 7.89. The van der Waals surface area contributed by atoms with Crippen LogP contribution in [0.1, 0.15) is 37.2 Å². The summed E-state index contributed by atoms with van der Waals surface area (Å²) in [5, 5.41) is 15.3. The Morgan fingerprint density at radius 3 is 2.29 bits per heavy atom. The Hall–Kier alpha value is -3.28. The fraction of sp³-hybridized carbons (Fsp3) is 0.261. The van der Waals surface area contributed by atoms with Crippen molar-refractivity contribution in [1.82, 2.24) is 0 Å². The molecule has 7 nitrogen and oxygen atoms in total. The Morgan fingerprint density at radius 2 is 1.71 bits per heavy atom. The maximum Gasteiger partial charge on any atom is 0.238 e. The van der Waals surface area contributed by atoms with Crippen molar-refractivity contribution >= 4 is 15.7 Å². The molecular weight excluding hydrogens is 412 g/mol. The number of primary sulfonamides is 1. The Kier molecular flexibility index (Phi) is 5.48. The summed E-state index contributed by atoms with van der Waals surface area (Å²) >= 11 is 0. The van der Waals surface area contributed by atoms with Gasteiger partial charge in [0.25, 0.3) is 0 Å². The molecule has 1 heterocycles. The van der Waals surface area contributed by atoms with Crippen molar-refractivity contribution in [2.75, 3.05) is 12.0 Å². The average Bonchev–Trinajstić information content (AvgIpc) is 2.78. The van der Waals surface area contributed by atoms with Crippen molar-refractivity contribution in [3.05, 3.63) is 76.8 Å². The van der Waals surface area contributed by atoms with Crippen LogP contribution in [0.3, 0.4) is 0 Å². The van der Waals surface area contributed by atoms with Gasteiger partial charge in [0.1, 0.15) is 11.6 Å². The van der Waals surface area contributed by atoms with Gasteiger partial charge in [-0.3, -0.25) is 0 Å². The molecule has 1 unspecified atom stereocenters. The summed E-state index contributed by atoms with van der Waals surface area (Å²) in [6.45, 7) is 0. The summed E-state index contributed by atoms with van der Waals surface area (Å²) in [7, 11) is -2.17. The third-order valence-electron chi connectivity index (χ3n) is 5.90. The first-order valence-electron chi connectivity index (χ1n) is 10.0. The van der Waals surface area contributed by atoms with E-state index in [0.29, 0.717) is 17.1 Å². The molecule has 4 rings (SSSR count). The Balaban J connectivity index is 1.85. The van der Waals surface area contributed by atoms with Gasteiger partial charge in [0.15, 0.2) is 0 Å². The molecule has 0 fully saturated rings. The second-order valence-electron chi connectivity index (χ2n) is 7.67. The van der Waals surface area contributed by atoms with Crippen LogP contribution in [-0.2, 0) is 10.0 Å². The Bertz CT molecular complexity index is 1210. The van der Waals surface area contributed by atoms with E-state index in [1.165, 1.54) is 17.7 Å². The zero-order chi connectivity index (χ0) is 22.2. The summed E-state index contributed by atoms with van der Waals surface area (Å²) in [6, 6.07) is 16.3. The van der Waals surface area contributed by atoms with E-state index in [1.807, 2.05) is 29.2 Å². The number of allylic oxidation sites excluding steroid dienone is 3. The van der Waals surface area contributed by atoms with Crippen LogP contribution in [0.25, 0.3) is 0 Å². The second-order valence-corrected chi connectivity index (χ2v) is 9.23. The molecule has 1 atom stereocenters. The van der Waals surface area contributed by atoms with Crippen LogP contribution < -0.4 is 20.5 Å². The van der Waals surface area contributed by atoms with Crippen molar-refractivity contribution in [2.24, 2.45) is 10.9 Å². The van der Waals surface area contributed by atoms with Gasteiger partial charge in [-0.2, -0.15) is 5.26 Å². The van der Waals surface area contributed by atoms with Gasteiger partial charge in [0, 0.05) is 17.3 Å². The molecule has 0 spiro atoms. The van der Waals surface area contributed by atoms with Crippen LogP contribution in [0.15, 0.2) is 76.1 Å². The highest BCUT2D eigenvalue weighted by atomic mass is 32.2. The van der Waals surface area contributed by atoms with E-state index in [1.54, 1.807) is 19.2 Å². The second kappa shape index (κ2) is 8.10. The number of nitrogens with two attached hydrogens (primary N) is 2. The van der Waals surface area contributed by atoms with E-state index in [2.05, 4.69) is 6.07 Å². The van der Waals surface area contributed by atoms with Crippen molar-refractivity contribution in [3.63, 3.8) is 0 Å². The number of hydrogen-bond acceptors (Lipinski definition) is 6. The monoisotopic (exact) mass is 436 g/mol. The van der Waals surface area contributed by atoms with Crippen LogP contribution >= 0.6 is 0 Å². The van der Waals surface area contributed by atoms with Gasteiger partial charge >= 0.3 is 0 Å². The normalized spacial score (nSPS) is 19.1. The minimum absolute atomic E-state index is 0.0327. The van der Waals surface area contributed by atoms with Gasteiger partial charge in [-0.05, 0) is 73.2 Å². The maximum absolute atomic E-state index is 11.6. The molecule has 0 saturated carbocycles. The first-order valence-corrected chi connectivity index (χ1v) is 11.6. The molecule has 8 heteroatoms. The lowest BCUT2D eigenvalue weighted by molar-refractivity contribution is 0.414. The first kappa shape index (κ1) is 21.0. The number of methoxy groups -OCH3 is 1. The number of anilines is 1. The number of nitrogens with zero attached hydrogens (tertiary/aromatic N) is 2. The molecule has 2 aromatic rings. The maximum atomic E-state index is 11.6. The molecule has 4 N–H and O–H groups in total. The van der Waals surface area contributed by atoms with Crippen LogP contribution in [-0.4, -0.2) is 15.5 Å². The topological polar surface area (TPSA) is 122 Å². The number of sulfonamides is 1. The van der Waals surface area contributed by atoms with Crippen molar-refractivity contribution < 1.29 is 13.2 Å². The van der Waals surface area contributed by atoms with Crippen molar-refractivity contribution in [2.45, 2.75) is 36.5 Å². The molecule has 2 aromatic carbocycles. The van der Waals surface area contributed by atoms with E-state index in [4.69, 9.17) is 15.6 Å². The van der Waals surface area contributed by atoms with Gasteiger partial charge in [-0.25, -0.2) is 13.6 Å². The molecule has 160 valence electrons. The summed E-state index contributed by atoms with van der Waals surface area (Å²) < 4.78 is 28.5. The highest BCUT2D eigenvalue weighted by Gasteiger charge is 2.36. The fourth-order valence-corrected chi connectivity index (χ4v) is 4.95. The van der Waals surface area contributed by atoms with Crippen LogP contribution in [0.4, 0.5) is 5.69 Å². The van der Waals surface area contributed by atoms with Gasteiger partial charge in [0.05, 0.1) is 23.6 Å². The third-order valence-corrected chi connectivity index (χ3v) is 6.83. The summed E-state index contributed by atoms with van der Waals surface area (Å²) in [5.41, 5.74) is 11.0. The first-order chi connectivity index (χ1) is 14.8. The molecular formula is C23H24N4O3S. The standard InChI is InChI=1S/C23H24N4O3S/c1-30-17-10-6-15(7-11-17)22-19-4-2-3-5-21(19)27(23(25)20(22)14-24)16-8-12-18(13-9-16)31(26,28)29/h6-13,22H,2-5,25H2,1H3,(H2,26,28,29). The van der Waals surface area contributed by atoms with Gasteiger partial charge in [-0.1, -0.05) is 12.1 Å².